The van der Waals surface area contributed by atoms with Crippen LogP contribution < -0.4 is 24.8 Å². The first-order valence-electron chi connectivity index (χ1n) is 21.2. The SMILES string of the molecule is CC.CCCOc1cnc(O[C@@H]2C[C@H]3C(=O)N[C@]4(C(=O)NS(=O)(=O)C5CC5)C[C@H]4/C=C\CC[C@@H](C)C[C@@H](C)[C@H](NC(=O)OCC4(C)CC4)C(=O)N3C2)c2ccccc12.[HH].[HH].[HH]. The van der Waals surface area contributed by atoms with Gasteiger partial charge in [-0.2, -0.15) is 0 Å². The minimum atomic E-state index is -3.90. The van der Waals surface area contributed by atoms with Gasteiger partial charge in [-0.05, 0) is 75.7 Å². The largest absolute Gasteiger partial charge is 0.491 e. The fourth-order valence-corrected chi connectivity index (χ4v) is 9.35. The summed E-state index contributed by atoms with van der Waals surface area (Å²) in [6, 6.07) is 5.42. The van der Waals surface area contributed by atoms with Gasteiger partial charge < -0.3 is 29.7 Å². The number of alkyl carbamates (subject to hydrolysis) is 1. The molecule has 5 aliphatic rings. The summed E-state index contributed by atoms with van der Waals surface area (Å²) >= 11 is 0. The second-order valence-corrected chi connectivity index (χ2v) is 19.0. The summed E-state index contributed by atoms with van der Waals surface area (Å²) < 4.78 is 46.1. The Balaban J connectivity index is 0.00000196. The van der Waals surface area contributed by atoms with Gasteiger partial charge in [0.2, 0.25) is 27.7 Å². The Morgan fingerprint density at radius 2 is 1.79 bits per heavy atom. The van der Waals surface area contributed by atoms with Crippen LogP contribution in [0.15, 0.2) is 42.6 Å². The van der Waals surface area contributed by atoms with E-state index in [1.165, 1.54) is 4.90 Å². The van der Waals surface area contributed by atoms with Gasteiger partial charge in [0.15, 0.2) is 0 Å². The lowest BCUT2D eigenvalue weighted by Gasteiger charge is -2.32. The molecule has 3 aliphatic carbocycles. The van der Waals surface area contributed by atoms with Crippen LogP contribution in [-0.2, 0) is 29.1 Å². The summed E-state index contributed by atoms with van der Waals surface area (Å²) in [5, 5.41) is 6.65. The number of fused-ring (bicyclic) bond motifs is 3. The van der Waals surface area contributed by atoms with Crippen molar-refractivity contribution >= 4 is 44.6 Å². The molecule has 4 amide bonds. The van der Waals surface area contributed by atoms with Crippen LogP contribution in [0.25, 0.3) is 10.8 Å². The molecule has 3 heterocycles. The average molecular weight is 830 g/mol. The van der Waals surface area contributed by atoms with Gasteiger partial charge >= 0.3 is 6.09 Å². The molecule has 0 spiro atoms. The molecule has 1 saturated heterocycles. The van der Waals surface area contributed by atoms with E-state index in [2.05, 4.69) is 27.3 Å². The third-order valence-electron chi connectivity index (χ3n) is 12.0. The van der Waals surface area contributed by atoms with Gasteiger partial charge in [-0.25, -0.2) is 18.2 Å². The molecule has 14 nitrogen and oxygen atoms in total. The maximum atomic E-state index is 14.8. The first-order chi connectivity index (χ1) is 27.7. The predicted molar refractivity (Wildman–Crippen MR) is 226 cm³/mol. The highest BCUT2D eigenvalue weighted by Gasteiger charge is 2.62. The molecule has 58 heavy (non-hydrogen) atoms. The van der Waals surface area contributed by atoms with E-state index in [4.69, 9.17) is 14.2 Å². The second-order valence-electron chi connectivity index (χ2n) is 17.1. The first kappa shape index (κ1) is 43.2. The molecule has 3 N–H and O–H groups in total. The van der Waals surface area contributed by atoms with Crippen molar-refractivity contribution in [1.82, 2.24) is 25.2 Å². The van der Waals surface area contributed by atoms with Crippen molar-refractivity contribution in [3.05, 3.63) is 42.6 Å². The standard InChI is InChI=1S/C41H55N5O9S.C2H6.3H2/c1-5-18-53-33-22-42-36(31-13-9-8-12-30(31)33)55-28-20-32-35(47)44-41(38(49)45-56(51,52)29-14-15-29)21-27(41)11-7-6-10-25(2)19-26(3)34(37(48)46(32)23-28)43-39(50)54-24-40(4)16-17-40;1-2;;;/h7-9,11-13,22,25-29,32,34H,5-6,10,14-21,23-24H2,1-4H3,(H,43,50)(H,44,47)(H,45,49);1-2H3;3*1H/b11-7-;;;;/t25-,26-,27-,28-,32+,34+,41-;;;;/m1..../s1. The Bertz CT molecular complexity index is 2000. The Morgan fingerprint density at radius 3 is 2.48 bits per heavy atom. The quantitative estimate of drug-likeness (QED) is 0.211. The van der Waals surface area contributed by atoms with Gasteiger partial charge in [0.1, 0.15) is 29.5 Å². The number of ether oxygens (including phenoxy) is 3. The summed E-state index contributed by atoms with van der Waals surface area (Å²) in [7, 11) is -3.90. The number of nitrogens with one attached hydrogen (secondary N) is 3. The highest BCUT2D eigenvalue weighted by molar-refractivity contribution is 7.91. The minimum Gasteiger partial charge on any atom is -0.491 e. The lowest BCUT2D eigenvalue weighted by atomic mass is 9.88. The van der Waals surface area contributed by atoms with Crippen LogP contribution in [0.2, 0.25) is 0 Å². The average Bonchev–Trinajstić information content (AvgIpc) is 4.15. The minimum absolute atomic E-state index is 0. The molecule has 4 fully saturated rings. The molecule has 2 aromatic rings. The van der Waals surface area contributed by atoms with Gasteiger partial charge in [0.25, 0.3) is 5.91 Å². The highest BCUT2D eigenvalue weighted by Crippen LogP contribution is 2.47. The number of allylic oxidation sites excluding steroid dienone is 1. The second kappa shape index (κ2) is 17.8. The van der Waals surface area contributed by atoms with Crippen molar-refractivity contribution in [3.63, 3.8) is 0 Å². The third-order valence-corrected chi connectivity index (χ3v) is 13.8. The summed E-state index contributed by atoms with van der Waals surface area (Å²) in [4.78, 5) is 62.4. The zero-order chi connectivity index (χ0) is 41.8. The van der Waals surface area contributed by atoms with E-state index in [-0.39, 0.29) is 47.5 Å². The zero-order valence-corrected chi connectivity index (χ0v) is 35.6. The number of carbonyl (C=O) groups is 4. The fraction of sp³-hybridized carbons (Fsp3) is 0.651. The van der Waals surface area contributed by atoms with Crippen molar-refractivity contribution in [2.75, 3.05) is 19.8 Å². The molecule has 7 rings (SSSR count). The lowest BCUT2D eigenvalue weighted by Crippen LogP contribution is -2.59. The number of nitrogens with zero attached hydrogens (tertiary/aromatic N) is 2. The fourth-order valence-electron chi connectivity index (χ4n) is 7.98. The van der Waals surface area contributed by atoms with Crippen molar-refractivity contribution in [2.24, 2.45) is 23.2 Å². The summed E-state index contributed by atoms with van der Waals surface area (Å²) in [5.41, 5.74) is -1.56. The van der Waals surface area contributed by atoms with Crippen LogP contribution in [-0.4, -0.2) is 90.9 Å². The number of hydrogen-bond acceptors (Lipinski definition) is 10. The van der Waals surface area contributed by atoms with Crippen LogP contribution in [0, 0.1) is 23.2 Å². The predicted octanol–water partition coefficient (Wildman–Crippen LogP) is 6.53. The van der Waals surface area contributed by atoms with E-state index in [1.54, 1.807) is 6.20 Å². The maximum Gasteiger partial charge on any atom is 0.407 e. The Kier molecular flexibility index (Phi) is 13.3. The van der Waals surface area contributed by atoms with E-state index in [9.17, 15) is 27.6 Å². The summed E-state index contributed by atoms with van der Waals surface area (Å²) in [6.45, 7) is 12.8. The van der Waals surface area contributed by atoms with E-state index in [0.717, 1.165) is 31.1 Å². The molecule has 3 saturated carbocycles. The molecule has 2 aliphatic heterocycles. The van der Waals surface area contributed by atoms with Crippen molar-refractivity contribution in [1.29, 1.82) is 0 Å². The number of aromatic nitrogens is 1. The number of carbonyl (C=O) groups excluding carboxylic acids is 4. The summed E-state index contributed by atoms with van der Waals surface area (Å²) in [5.74, 6) is -1.52. The number of pyridine rings is 1. The Morgan fingerprint density at radius 1 is 1.07 bits per heavy atom. The smallest absolute Gasteiger partial charge is 0.407 e. The van der Waals surface area contributed by atoms with Gasteiger partial charge in [-0.1, -0.05) is 71.9 Å². The van der Waals surface area contributed by atoms with Crippen LogP contribution >= 0.6 is 0 Å². The van der Waals surface area contributed by atoms with Crippen molar-refractivity contribution in [2.45, 2.75) is 135 Å². The van der Waals surface area contributed by atoms with Gasteiger partial charge in [0.05, 0.1) is 31.2 Å². The van der Waals surface area contributed by atoms with E-state index in [0.29, 0.717) is 49.3 Å². The molecule has 1 aromatic heterocycles. The number of benzene rings is 1. The number of sulfonamides is 1. The monoisotopic (exact) mass is 829 g/mol. The number of rotatable bonds is 11. The molecular formula is C43H67N5O9S. The normalized spacial score (nSPS) is 29.8. The van der Waals surface area contributed by atoms with E-state index < -0.39 is 68.7 Å². The van der Waals surface area contributed by atoms with Gasteiger partial charge in [0, 0.05) is 32.8 Å². The van der Waals surface area contributed by atoms with Crippen molar-refractivity contribution in [3.8, 4) is 11.6 Å². The molecular weight excluding hydrogens is 763 g/mol. The topological polar surface area (TPSA) is 182 Å². The molecule has 324 valence electrons. The molecule has 0 bridgehead atoms. The van der Waals surface area contributed by atoms with Crippen LogP contribution in [0.3, 0.4) is 0 Å². The zero-order valence-electron chi connectivity index (χ0n) is 34.8. The number of amides is 4. The van der Waals surface area contributed by atoms with Crippen LogP contribution in [0.5, 0.6) is 11.6 Å². The molecule has 15 heteroatoms. The van der Waals surface area contributed by atoms with Crippen LogP contribution in [0.1, 0.15) is 110 Å². The molecule has 7 atom stereocenters. The van der Waals surface area contributed by atoms with E-state index in [1.807, 2.05) is 71.0 Å². The number of hydrogen-bond donors (Lipinski definition) is 3. The van der Waals surface area contributed by atoms with Gasteiger partial charge in [-0.3, -0.25) is 19.1 Å². The highest BCUT2D eigenvalue weighted by atomic mass is 32.2. The Labute approximate surface area is 347 Å². The maximum absolute atomic E-state index is 14.8. The van der Waals surface area contributed by atoms with Crippen molar-refractivity contribution < 1.29 is 46.1 Å². The molecule has 0 radical (unpaired) electrons. The van der Waals surface area contributed by atoms with Gasteiger partial charge in [-0.15, -0.1) is 0 Å². The lowest BCUT2D eigenvalue weighted by molar-refractivity contribution is -0.142. The van der Waals surface area contributed by atoms with Crippen LogP contribution in [0.4, 0.5) is 4.79 Å². The molecule has 1 aromatic carbocycles. The molecule has 0 unspecified atom stereocenters. The first-order valence-corrected chi connectivity index (χ1v) is 22.7. The third kappa shape index (κ3) is 9.89. The van der Waals surface area contributed by atoms with E-state index >= 15 is 0 Å². The summed E-state index contributed by atoms with van der Waals surface area (Å²) in [6.07, 6.45) is 10.1. The Hall–Kier alpha value is -4.40.